The fraction of sp³-hybridized carbons (Fsp3) is 0.389. The van der Waals surface area contributed by atoms with Gasteiger partial charge in [0.05, 0.1) is 13.2 Å². The molecule has 0 radical (unpaired) electrons. The summed E-state index contributed by atoms with van der Waals surface area (Å²) >= 11 is 0. The highest BCUT2D eigenvalue weighted by molar-refractivity contribution is 5.95. The van der Waals surface area contributed by atoms with Crippen LogP contribution >= 0.6 is 0 Å². The average molecular weight is 340 g/mol. The number of fused-ring (bicyclic) bond motifs is 1. The first-order valence-corrected chi connectivity index (χ1v) is 8.26. The van der Waals surface area contributed by atoms with Crippen LogP contribution in [-0.4, -0.2) is 40.0 Å². The van der Waals surface area contributed by atoms with E-state index in [1.165, 1.54) is 0 Å². The molecule has 7 nitrogen and oxygen atoms in total. The third-order valence-electron chi connectivity index (χ3n) is 4.54. The molecule has 0 saturated carbocycles. The lowest BCUT2D eigenvalue weighted by Crippen LogP contribution is -2.25. The molecule has 130 valence electrons. The lowest BCUT2D eigenvalue weighted by atomic mass is 10.1. The molecule has 1 aliphatic heterocycles. The number of anilines is 1. The van der Waals surface area contributed by atoms with Gasteiger partial charge in [-0.2, -0.15) is 0 Å². The van der Waals surface area contributed by atoms with E-state index in [4.69, 9.17) is 9.15 Å². The third kappa shape index (κ3) is 2.70. The number of aliphatic hydroxyl groups excluding tert-OH is 1. The highest BCUT2D eigenvalue weighted by atomic mass is 16.5. The van der Waals surface area contributed by atoms with Crippen molar-refractivity contribution in [2.24, 2.45) is 0 Å². The van der Waals surface area contributed by atoms with E-state index in [-0.39, 0.29) is 6.04 Å². The summed E-state index contributed by atoms with van der Waals surface area (Å²) in [4.78, 5) is 6.75. The predicted molar refractivity (Wildman–Crippen MR) is 92.8 cm³/mol. The number of ether oxygens (including phenoxy) is 1. The Kier molecular flexibility index (Phi) is 3.80. The Morgan fingerprint density at radius 2 is 2.12 bits per heavy atom. The van der Waals surface area contributed by atoms with Gasteiger partial charge in [0.25, 0.3) is 0 Å². The van der Waals surface area contributed by atoms with Gasteiger partial charge in [-0.3, -0.25) is 0 Å². The molecule has 25 heavy (non-hydrogen) atoms. The summed E-state index contributed by atoms with van der Waals surface area (Å²) in [5, 5.41) is 19.3. The molecule has 3 aromatic rings. The van der Waals surface area contributed by atoms with Crippen molar-refractivity contribution in [1.82, 2.24) is 15.2 Å². The largest absolute Gasteiger partial charge is 0.494 e. The molecule has 0 unspecified atom stereocenters. The number of methoxy groups -OCH3 is 1. The maximum Gasteiger partial charge on any atom is 0.238 e. The molecule has 1 aliphatic rings. The summed E-state index contributed by atoms with van der Waals surface area (Å²) in [6.45, 7) is 4.22. The summed E-state index contributed by atoms with van der Waals surface area (Å²) in [5.74, 6) is 1.78. The Balaban J connectivity index is 1.87. The average Bonchev–Trinajstić information content (AvgIpc) is 3.19. The summed E-state index contributed by atoms with van der Waals surface area (Å²) in [6, 6.07) is 7.72. The SMILES string of the molecule is COc1cccc2c(N3C[C@H](O)C[C@@H]3c3nnc(C)o3)cc(C)nc12. The highest BCUT2D eigenvalue weighted by Gasteiger charge is 2.36. The van der Waals surface area contributed by atoms with Crippen LogP contribution in [0.3, 0.4) is 0 Å². The van der Waals surface area contributed by atoms with E-state index in [0.717, 1.165) is 28.0 Å². The van der Waals surface area contributed by atoms with Gasteiger partial charge in [0.15, 0.2) is 0 Å². The Morgan fingerprint density at radius 3 is 2.84 bits per heavy atom. The lowest BCUT2D eigenvalue weighted by Gasteiger charge is -2.26. The van der Waals surface area contributed by atoms with Crippen LogP contribution in [0.2, 0.25) is 0 Å². The van der Waals surface area contributed by atoms with Crippen LogP contribution in [0, 0.1) is 13.8 Å². The maximum absolute atomic E-state index is 10.3. The molecule has 4 rings (SSSR count). The molecule has 1 N–H and O–H groups in total. The van der Waals surface area contributed by atoms with Crippen molar-refractivity contribution in [3.63, 3.8) is 0 Å². The van der Waals surface area contributed by atoms with E-state index in [1.807, 2.05) is 31.2 Å². The third-order valence-corrected chi connectivity index (χ3v) is 4.54. The molecule has 3 heterocycles. The zero-order valence-corrected chi connectivity index (χ0v) is 14.4. The van der Waals surface area contributed by atoms with Crippen LogP contribution in [-0.2, 0) is 0 Å². The molecule has 1 aromatic carbocycles. The van der Waals surface area contributed by atoms with Crippen molar-refractivity contribution >= 4 is 16.6 Å². The Hall–Kier alpha value is -2.67. The number of aliphatic hydroxyl groups is 1. The number of nitrogens with zero attached hydrogens (tertiary/aromatic N) is 4. The first-order valence-electron chi connectivity index (χ1n) is 8.26. The molecular formula is C18H20N4O3. The number of para-hydroxylation sites is 1. The molecule has 2 aromatic heterocycles. The van der Waals surface area contributed by atoms with Gasteiger partial charge >= 0.3 is 0 Å². The first kappa shape index (κ1) is 15.8. The summed E-state index contributed by atoms with van der Waals surface area (Å²) in [5.41, 5.74) is 2.68. The van der Waals surface area contributed by atoms with Gasteiger partial charge in [-0.15, -0.1) is 10.2 Å². The molecule has 0 amide bonds. The predicted octanol–water partition coefficient (Wildman–Crippen LogP) is 2.56. The number of aromatic nitrogens is 3. The van der Waals surface area contributed by atoms with Crippen LogP contribution in [0.4, 0.5) is 5.69 Å². The van der Waals surface area contributed by atoms with Gasteiger partial charge in [0.1, 0.15) is 17.3 Å². The lowest BCUT2D eigenvalue weighted by molar-refractivity contribution is 0.192. The topological polar surface area (TPSA) is 84.5 Å². The zero-order valence-electron chi connectivity index (χ0n) is 14.4. The molecular weight excluding hydrogens is 320 g/mol. The summed E-state index contributed by atoms with van der Waals surface area (Å²) in [7, 11) is 1.64. The molecule has 1 fully saturated rings. The van der Waals surface area contributed by atoms with Crippen molar-refractivity contribution in [1.29, 1.82) is 0 Å². The molecule has 0 spiro atoms. The van der Waals surface area contributed by atoms with Gasteiger partial charge in [0, 0.05) is 36.7 Å². The number of hydrogen-bond acceptors (Lipinski definition) is 7. The minimum absolute atomic E-state index is 0.160. The number of rotatable bonds is 3. The first-order chi connectivity index (χ1) is 12.1. The monoisotopic (exact) mass is 340 g/mol. The molecule has 2 atom stereocenters. The van der Waals surface area contributed by atoms with E-state index in [1.54, 1.807) is 14.0 Å². The van der Waals surface area contributed by atoms with Crippen molar-refractivity contribution in [2.45, 2.75) is 32.4 Å². The summed E-state index contributed by atoms with van der Waals surface area (Å²) < 4.78 is 11.1. The zero-order chi connectivity index (χ0) is 17.6. The van der Waals surface area contributed by atoms with E-state index in [0.29, 0.717) is 24.7 Å². The minimum Gasteiger partial charge on any atom is -0.494 e. The Labute approximate surface area is 145 Å². The maximum atomic E-state index is 10.3. The Morgan fingerprint density at radius 1 is 1.28 bits per heavy atom. The minimum atomic E-state index is -0.452. The van der Waals surface area contributed by atoms with Crippen LogP contribution in [0.5, 0.6) is 5.75 Å². The van der Waals surface area contributed by atoms with Crippen molar-refractivity contribution in [3.05, 3.63) is 41.7 Å². The normalized spacial score (nSPS) is 20.4. The Bertz CT molecular complexity index is 924. The van der Waals surface area contributed by atoms with Gasteiger partial charge < -0.3 is 19.2 Å². The molecule has 0 aliphatic carbocycles. The van der Waals surface area contributed by atoms with Crippen LogP contribution < -0.4 is 9.64 Å². The van der Waals surface area contributed by atoms with Crippen molar-refractivity contribution < 1.29 is 14.3 Å². The molecule has 0 bridgehead atoms. The fourth-order valence-corrected chi connectivity index (χ4v) is 3.49. The number of pyridine rings is 1. The number of aryl methyl sites for hydroxylation is 2. The smallest absolute Gasteiger partial charge is 0.238 e. The van der Waals surface area contributed by atoms with Crippen molar-refractivity contribution in [3.8, 4) is 5.75 Å². The van der Waals surface area contributed by atoms with Gasteiger partial charge in [0.2, 0.25) is 11.8 Å². The summed E-state index contributed by atoms with van der Waals surface area (Å²) in [6.07, 6.45) is 0.0976. The van der Waals surface area contributed by atoms with Crippen molar-refractivity contribution in [2.75, 3.05) is 18.6 Å². The van der Waals surface area contributed by atoms with Crippen LogP contribution in [0.1, 0.15) is 29.9 Å². The van der Waals surface area contributed by atoms with E-state index in [9.17, 15) is 5.11 Å². The number of benzene rings is 1. The van der Waals surface area contributed by atoms with Gasteiger partial charge in [-0.25, -0.2) is 4.98 Å². The van der Waals surface area contributed by atoms with Crippen LogP contribution in [0.25, 0.3) is 10.9 Å². The number of β-amino-alcohol motifs (C(OH)–C–C–N with tert-alkyl or cyclic N) is 1. The van der Waals surface area contributed by atoms with E-state index in [2.05, 4.69) is 20.1 Å². The van der Waals surface area contributed by atoms with E-state index >= 15 is 0 Å². The highest BCUT2D eigenvalue weighted by Crippen LogP contribution is 2.40. The van der Waals surface area contributed by atoms with Crippen LogP contribution in [0.15, 0.2) is 28.7 Å². The fourth-order valence-electron chi connectivity index (χ4n) is 3.49. The van der Waals surface area contributed by atoms with E-state index < -0.39 is 6.10 Å². The second-order valence-corrected chi connectivity index (χ2v) is 6.36. The second-order valence-electron chi connectivity index (χ2n) is 6.36. The number of hydrogen-bond donors (Lipinski definition) is 1. The quantitative estimate of drug-likeness (QED) is 0.784. The second kappa shape index (κ2) is 6.00. The molecule has 1 saturated heterocycles. The standard InChI is InChI=1S/C18H20N4O3/c1-10-7-14(13-5-4-6-16(24-3)17(13)19-10)22-9-12(23)8-15(22)18-21-20-11(2)25-18/h4-7,12,15,23H,8-9H2,1-3H3/t12-,15-/m1/s1. The molecule has 7 heteroatoms. The van der Waals surface area contributed by atoms with Gasteiger partial charge in [-0.05, 0) is 19.1 Å². The van der Waals surface area contributed by atoms with Gasteiger partial charge in [-0.1, -0.05) is 12.1 Å².